The number of ether oxygens (including phenoxy) is 1. The lowest BCUT2D eigenvalue weighted by atomic mass is 9.88. The van der Waals surface area contributed by atoms with Crippen molar-refractivity contribution in [1.29, 1.82) is 0 Å². The summed E-state index contributed by atoms with van der Waals surface area (Å²) in [7, 11) is 0. The Morgan fingerprint density at radius 3 is 2.87 bits per heavy atom. The van der Waals surface area contributed by atoms with Gasteiger partial charge in [-0.1, -0.05) is 6.08 Å². The number of allylic oxidation sites excluding steroid dienone is 2. The number of hydrogen-bond acceptors (Lipinski definition) is 3. The van der Waals surface area contributed by atoms with Crippen molar-refractivity contribution >= 4 is 5.78 Å². The molecule has 0 aromatic rings. The van der Waals surface area contributed by atoms with Gasteiger partial charge in [-0.2, -0.15) is 0 Å². The van der Waals surface area contributed by atoms with Crippen LogP contribution < -0.4 is 0 Å². The predicted molar refractivity (Wildman–Crippen MR) is 58.5 cm³/mol. The van der Waals surface area contributed by atoms with Gasteiger partial charge in [0.05, 0.1) is 19.1 Å². The normalized spacial score (nSPS) is 27.4. The van der Waals surface area contributed by atoms with Gasteiger partial charge in [0, 0.05) is 18.8 Å². The standard InChI is InChI=1S/C12H19NO2/c1-10(14)11-4-2-3-5-12(11)13-6-8-15-9-7-13/h5,11H,2-4,6-9H2,1H3. The number of nitrogens with zero attached hydrogens (tertiary/aromatic N) is 1. The third-order valence-corrected chi connectivity index (χ3v) is 3.27. The molecule has 0 aromatic carbocycles. The molecule has 3 nitrogen and oxygen atoms in total. The first kappa shape index (κ1) is 10.7. The van der Waals surface area contributed by atoms with Gasteiger partial charge < -0.3 is 9.64 Å². The number of morpholine rings is 1. The van der Waals surface area contributed by atoms with Crippen molar-refractivity contribution in [2.45, 2.75) is 26.2 Å². The summed E-state index contributed by atoms with van der Waals surface area (Å²) < 4.78 is 5.33. The molecule has 0 spiro atoms. The molecule has 15 heavy (non-hydrogen) atoms. The van der Waals surface area contributed by atoms with Gasteiger partial charge in [0.25, 0.3) is 0 Å². The number of carbonyl (C=O) groups excluding carboxylic acids is 1. The summed E-state index contributed by atoms with van der Waals surface area (Å²) in [4.78, 5) is 13.9. The van der Waals surface area contributed by atoms with Crippen molar-refractivity contribution in [3.8, 4) is 0 Å². The van der Waals surface area contributed by atoms with Crippen molar-refractivity contribution in [3.05, 3.63) is 11.8 Å². The maximum absolute atomic E-state index is 11.6. The zero-order chi connectivity index (χ0) is 10.7. The van der Waals surface area contributed by atoms with E-state index in [1.54, 1.807) is 6.92 Å². The fourth-order valence-electron chi connectivity index (χ4n) is 2.44. The fourth-order valence-corrected chi connectivity index (χ4v) is 2.44. The minimum Gasteiger partial charge on any atom is -0.378 e. The number of ketones is 1. The third kappa shape index (κ3) is 2.40. The SMILES string of the molecule is CC(=O)C1CCCC=C1N1CCOCC1. The summed E-state index contributed by atoms with van der Waals surface area (Å²) in [6.07, 6.45) is 5.55. The van der Waals surface area contributed by atoms with Crippen LogP contribution in [0, 0.1) is 5.92 Å². The van der Waals surface area contributed by atoms with E-state index >= 15 is 0 Å². The maximum Gasteiger partial charge on any atom is 0.138 e. The van der Waals surface area contributed by atoms with Crippen LogP contribution in [0.4, 0.5) is 0 Å². The van der Waals surface area contributed by atoms with Crippen LogP contribution in [-0.4, -0.2) is 37.0 Å². The molecule has 1 aliphatic heterocycles. The summed E-state index contributed by atoms with van der Waals surface area (Å²) in [6, 6.07) is 0. The highest BCUT2D eigenvalue weighted by molar-refractivity contribution is 5.81. The molecule has 2 rings (SSSR count). The summed E-state index contributed by atoms with van der Waals surface area (Å²) in [5, 5.41) is 0. The molecule has 2 aliphatic rings. The molecule has 1 atom stereocenters. The first-order valence-electron chi connectivity index (χ1n) is 5.82. The van der Waals surface area contributed by atoms with Gasteiger partial charge in [0.1, 0.15) is 5.78 Å². The Kier molecular flexibility index (Phi) is 3.41. The average Bonchev–Trinajstić information content (AvgIpc) is 2.30. The molecule has 84 valence electrons. The number of Topliss-reactive ketones (excluding diaryl/α,β-unsaturated/α-hetero) is 1. The van der Waals surface area contributed by atoms with Crippen LogP contribution in [0.3, 0.4) is 0 Å². The summed E-state index contributed by atoms with van der Waals surface area (Å²) in [5.74, 6) is 0.462. The zero-order valence-corrected chi connectivity index (χ0v) is 9.37. The molecule has 0 amide bonds. The first-order valence-corrected chi connectivity index (χ1v) is 5.82. The van der Waals surface area contributed by atoms with Gasteiger partial charge in [0.15, 0.2) is 0 Å². The lowest BCUT2D eigenvalue weighted by molar-refractivity contribution is -0.120. The minimum absolute atomic E-state index is 0.150. The molecule has 3 heteroatoms. The van der Waals surface area contributed by atoms with Crippen LogP contribution >= 0.6 is 0 Å². The quantitative estimate of drug-likeness (QED) is 0.691. The second-order valence-electron chi connectivity index (χ2n) is 4.32. The van der Waals surface area contributed by atoms with E-state index in [4.69, 9.17) is 4.74 Å². The van der Waals surface area contributed by atoms with Gasteiger partial charge in [-0.25, -0.2) is 0 Å². The van der Waals surface area contributed by atoms with Crippen molar-refractivity contribution in [2.24, 2.45) is 5.92 Å². The van der Waals surface area contributed by atoms with E-state index in [1.807, 2.05) is 0 Å². The summed E-state index contributed by atoms with van der Waals surface area (Å²) >= 11 is 0. The van der Waals surface area contributed by atoms with E-state index in [-0.39, 0.29) is 5.92 Å². The Balaban J connectivity index is 2.09. The van der Waals surface area contributed by atoms with E-state index in [0.29, 0.717) is 5.78 Å². The van der Waals surface area contributed by atoms with Crippen LogP contribution in [0.25, 0.3) is 0 Å². The third-order valence-electron chi connectivity index (χ3n) is 3.27. The second kappa shape index (κ2) is 4.79. The molecular formula is C12H19NO2. The van der Waals surface area contributed by atoms with Crippen LogP contribution in [0.1, 0.15) is 26.2 Å². The zero-order valence-electron chi connectivity index (χ0n) is 9.37. The van der Waals surface area contributed by atoms with Crippen molar-refractivity contribution in [1.82, 2.24) is 4.90 Å². The molecule has 1 fully saturated rings. The van der Waals surface area contributed by atoms with E-state index in [9.17, 15) is 4.79 Å². The monoisotopic (exact) mass is 209 g/mol. The molecule has 0 bridgehead atoms. The lowest BCUT2D eigenvalue weighted by Crippen LogP contribution is -2.39. The summed E-state index contributed by atoms with van der Waals surface area (Å²) in [6.45, 7) is 5.18. The summed E-state index contributed by atoms with van der Waals surface area (Å²) in [5.41, 5.74) is 1.26. The predicted octanol–water partition coefficient (Wildman–Crippen LogP) is 1.59. The highest BCUT2D eigenvalue weighted by Crippen LogP contribution is 2.28. The smallest absolute Gasteiger partial charge is 0.138 e. The molecular weight excluding hydrogens is 190 g/mol. The Hall–Kier alpha value is -0.830. The van der Waals surface area contributed by atoms with Crippen molar-refractivity contribution in [3.63, 3.8) is 0 Å². The molecule has 1 unspecified atom stereocenters. The molecule has 1 heterocycles. The van der Waals surface area contributed by atoms with Gasteiger partial charge >= 0.3 is 0 Å². The molecule has 0 aromatic heterocycles. The highest BCUT2D eigenvalue weighted by atomic mass is 16.5. The van der Waals surface area contributed by atoms with Crippen LogP contribution in [0.5, 0.6) is 0 Å². The number of hydrogen-bond donors (Lipinski definition) is 0. The van der Waals surface area contributed by atoms with E-state index in [2.05, 4.69) is 11.0 Å². The second-order valence-corrected chi connectivity index (χ2v) is 4.32. The van der Waals surface area contributed by atoms with Gasteiger partial charge in [-0.05, 0) is 26.2 Å². The lowest BCUT2D eigenvalue weighted by Gasteiger charge is -2.36. The van der Waals surface area contributed by atoms with Crippen LogP contribution in [0.2, 0.25) is 0 Å². The highest BCUT2D eigenvalue weighted by Gasteiger charge is 2.26. The van der Waals surface area contributed by atoms with E-state index < -0.39 is 0 Å². The molecule has 1 aliphatic carbocycles. The van der Waals surface area contributed by atoms with Crippen molar-refractivity contribution in [2.75, 3.05) is 26.3 Å². The topological polar surface area (TPSA) is 29.5 Å². The molecule has 0 N–H and O–H groups in total. The number of rotatable bonds is 2. The van der Waals surface area contributed by atoms with Gasteiger partial charge in [0.2, 0.25) is 0 Å². The fraction of sp³-hybridized carbons (Fsp3) is 0.750. The largest absolute Gasteiger partial charge is 0.378 e. The van der Waals surface area contributed by atoms with E-state index in [0.717, 1.165) is 45.6 Å². The average molecular weight is 209 g/mol. The maximum atomic E-state index is 11.6. The molecule has 0 radical (unpaired) electrons. The number of carbonyl (C=O) groups is 1. The Bertz CT molecular complexity index is 267. The van der Waals surface area contributed by atoms with Crippen LogP contribution in [-0.2, 0) is 9.53 Å². The van der Waals surface area contributed by atoms with Gasteiger partial charge in [-0.3, -0.25) is 4.79 Å². The Morgan fingerprint density at radius 1 is 1.47 bits per heavy atom. The molecule has 1 saturated heterocycles. The van der Waals surface area contributed by atoms with Gasteiger partial charge in [-0.15, -0.1) is 0 Å². The first-order chi connectivity index (χ1) is 7.29. The Morgan fingerprint density at radius 2 is 2.20 bits per heavy atom. The van der Waals surface area contributed by atoms with E-state index in [1.165, 1.54) is 5.70 Å². The van der Waals surface area contributed by atoms with Crippen LogP contribution in [0.15, 0.2) is 11.8 Å². The Labute approximate surface area is 91.1 Å². The minimum atomic E-state index is 0.150. The van der Waals surface area contributed by atoms with Crippen molar-refractivity contribution < 1.29 is 9.53 Å². The molecule has 0 saturated carbocycles.